The Kier molecular flexibility index (Phi) is 9.28. The Labute approximate surface area is 230 Å². The van der Waals surface area contributed by atoms with Crippen molar-refractivity contribution in [2.45, 2.75) is 71.0 Å². The minimum absolute atomic E-state index is 0.114. The number of carbonyl (C=O) groups excluding carboxylic acids is 2. The molecule has 194 valence electrons. The van der Waals surface area contributed by atoms with E-state index in [1.54, 1.807) is 17.0 Å². The average molecular weight is 538 g/mol. The Balaban J connectivity index is 1.69. The number of hydrogen-bond donors (Lipinski definition) is 1. The number of benzene rings is 3. The molecule has 0 aliphatic heterocycles. The first kappa shape index (κ1) is 27.2. The summed E-state index contributed by atoms with van der Waals surface area (Å²) in [7, 11) is 0. The Hall–Kier alpha value is -2.82. The Morgan fingerprint density at radius 2 is 1.65 bits per heavy atom. The lowest BCUT2D eigenvalue weighted by molar-refractivity contribution is -0.141. The van der Waals surface area contributed by atoms with Gasteiger partial charge in [0.1, 0.15) is 6.04 Å². The van der Waals surface area contributed by atoms with E-state index < -0.39 is 6.04 Å². The van der Waals surface area contributed by atoms with Crippen LogP contribution in [0, 0.1) is 13.8 Å². The summed E-state index contributed by atoms with van der Waals surface area (Å²) in [4.78, 5) is 29.4. The quantitative estimate of drug-likeness (QED) is 0.325. The highest BCUT2D eigenvalue weighted by atomic mass is 35.5. The molecule has 4 nitrogen and oxygen atoms in total. The van der Waals surface area contributed by atoms with E-state index in [0.717, 1.165) is 47.9 Å². The highest BCUT2D eigenvalue weighted by molar-refractivity contribution is 6.35. The van der Waals surface area contributed by atoms with Crippen molar-refractivity contribution in [2.75, 3.05) is 0 Å². The van der Waals surface area contributed by atoms with Crippen molar-refractivity contribution in [1.82, 2.24) is 10.2 Å². The average Bonchev–Trinajstić information content (AvgIpc) is 3.38. The van der Waals surface area contributed by atoms with Gasteiger partial charge < -0.3 is 10.2 Å². The fraction of sp³-hybridized carbons (Fsp3) is 0.355. The molecule has 0 unspecified atom stereocenters. The lowest BCUT2D eigenvalue weighted by Gasteiger charge is -2.33. The molecular formula is C31H34Cl2N2O2. The third kappa shape index (κ3) is 7.37. The monoisotopic (exact) mass is 536 g/mol. The number of nitrogens with one attached hydrogen (secondary N) is 1. The summed E-state index contributed by atoms with van der Waals surface area (Å²) in [5.74, 6) is -0.231. The first-order chi connectivity index (χ1) is 17.8. The predicted octanol–water partition coefficient (Wildman–Crippen LogP) is 6.85. The van der Waals surface area contributed by atoms with Gasteiger partial charge in [-0.1, -0.05) is 90.6 Å². The number of aryl methyl sites for hydroxylation is 2. The number of halogens is 2. The van der Waals surface area contributed by atoms with Crippen molar-refractivity contribution in [3.05, 3.63) is 105 Å². The zero-order valence-electron chi connectivity index (χ0n) is 21.5. The summed E-state index contributed by atoms with van der Waals surface area (Å²) in [5.41, 5.74) is 5.00. The van der Waals surface area contributed by atoms with Crippen molar-refractivity contribution in [3.63, 3.8) is 0 Å². The fourth-order valence-electron chi connectivity index (χ4n) is 4.94. The Bertz CT molecular complexity index is 1240. The van der Waals surface area contributed by atoms with Crippen molar-refractivity contribution in [2.24, 2.45) is 0 Å². The van der Waals surface area contributed by atoms with Crippen LogP contribution in [0.4, 0.5) is 0 Å². The molecule has 2 amide bonds. The van der Waals surface area contributed by atoms with Gasteiger partial charge >= 0.3 is 0 Å². The molecule has 4 rings (SSSR count). The minimum atomic E-state index is -0.672. The van der Waals surface area contributed by atoms with E-state index in [1.807, 2.05) is 61.5 Å². The number of nitrogens with zero attached hydrogens (tertiary/aromatic N) is 1. The summed E-state index contributed by atoms with van der Waals surface area (Å²) in [6, 6.07) is 20.7. The van der Waals surface area contributed by atoms with Crippen molar-refractivity contribution >= 4 is 35.0 Å². The molecule has 3 aromatic carbocycles. The largest absolute Gasteiger partial charge is 0.352 e. The molecule has 0 heterocycles. The van der Waals surface area contributed by atoms with Crippen LogP contribution in [0.25, 0.3) is 0 Å². The molecule has 0 bridgehead atoms. The van der Waals surface area contributed by atoms with E-state index in [2.05, 4.69) is 12.2 Å². The van der Waals surface area contributed by atoms with Crippen LogP contribution in [-0.4, -0.2) is 28.8 Å². The molecule has 1 aliphatic carbocycles. The number of amides is 2. The van der Waals surface area contributed by atoms with Crippen molar-refractivity contribution in [3.8, 4) is 0 Å². The second-order valence-corrected chi connectivity index (χ2v) is 10.9. The van der Waals surface area contributed by atoms with Gasteiger partial charge in [0.05, 0.1) is 6.42 Å². The molecule has 1 N–H and O–H groups in total. The van der Waals surface area contributed by atoms with Crippen molar-refractivity contribution in [1.29, 1.82) is 0 Å². The van der Waals surface area contributed by atoms with Crippen molar-refractivity contribution < 1.29 is 9.59 Å². The van der Waals surface area contributed by atoms with E-state index in [1.165, 1.54) is 5.56 Å². The van der Waals surface area contributed by atoms with E-state index in [-0.39, 0.29) is 30.8 Å². The summed E-state index contributed by atoms with van der Waals surface area (Å²) in [6.07, 6.45) is 4.80. The lowest BCUT2D eigenvalue weighted by Crippen LogP contribution is -2.52. The highest BCUT2D eigenvalue weighted by Crippen LogP contribution is 2.25. The molecule has 0 saturated heterocycles. The molecule has 37 heavy (non-hydrogen) atoms. The molecule has 6 heteroatoms. The summed E-state index contributed by atoms with van der Waals surface area (Å²) in [6.45, 7) is 4.32. The molecular weight excluding hydrogens is 503 g/mol. The van der Waals surface area contributed by atoms with Crippen LogP contribution in [0.3, 0.4) is 0 Å². The van der Waals surface area contributed by atoms with Gasteiger partial charge in [-0.05, 0) is 66.6 Å². The zero-order chi connectivity index (χ0) is 26.4. The third-order valence-electron chi connectivity index (χ3n) is 7.26. The van der Waals surface area contributed by atoms with Crippen LogP contribution in [0.1, 0.15) is 53.5 Å². The van der Waals surface area contributed by atoms with Gasteiger partial charge in [-0.15, -0.1) is 0 Å². The van der Waals surface area contributed by atoms with Gasteiger partial charge in [0.15, 0.2) is 0 Å². The van der Waals surface area contributed by atoms with Crippen LogP contribution in [-0.2, 0) is 29.0 Å². The topological polar surface area (TPSA) is 49.4 Å². The molecule has 1 atom stereocenters. The highest BCUT2D eigenvalue weighted by Gasteiger charge is 2.32. The normalized spacial score (nSPS) is 14.4. The number of hydrogen-bond acceptors (Lipinski definition) is 2. The molecule has 0 spiro atoms. The van der Waals surface area contributed by atoms with E-state index in [0.29, 0.717) is 16.5 Å². The van der Waals surface area contributed by atoms with Crippen LogP contribution in [0.5, 0.6) is 0 Å². The molecule has 0 aromatic heterocycles. The summed E-state index contributed by atoms with van der Waals surface area (Å²) >= 11 is 12.7. The fourth-order valence-corrected chi connectivity index (χ4v) is 5.41. The lowest BCUT2D eigenvalue weighted by atomic mass is 10.00. The van der Waals surface area contributed by atoms with Gasteiger partial charge in [-0.25, -0.2) is 0 Å². The van der Waals surface area contributed by atoms with Gasteiger partial charge in [-0.2, -0.15) is 0 Å². The van der Waals surface area contributed by atoms with Gasteiger partial charge in [-0.3, -0.25) is 9.59 Å². The molecule has 1 fully saturated rings. The van der Waals surface area contributed by atoms with Gasteiger partial charge in [0.25, 0.3) is 0 Å². The second-order valence-electron chi connectivity index (χ2n) is 10.0. The Morgan fingerprint density at radius 1 is 0.919 bits per heavy atom. The van der Waals surface area contributed by atoms with Gasteiger partial charge in [0, 0.05) is 29.1 Å². The van der Waals surface area contributed by atoms with E-state index in [9.17, 15) is 9.59 Å². The van der Waals surface area contributed by atoms with E-state index >= 15 is 0 Å². The van der Waals surface area contributed by atoms with Gasteiger partial charge in [0.2, 0.25) is 11.8 Å². The van der Waals surface area contributed by atoms with Crippen LogP contribution in [0.15, 0.2) is 66.7 Å². The standard InChI is InChI=1S/C31H34Cl2N2O2/c1-21-12-13-24(16-22(21)2)18-30(36)35(20-25-14-15-26(32)19-28(25)33)29(17-23-8-4-3-5-9-23)31(37)34-27-10-6-7-11-27/h3-5,8-9,12-16,19,27,29H,6-7,10-11,17-18,20H2,1-2H3,(H,34,37)/t29-/m1/s1. The zero-order valence-corrected chi connectivity index (χ0v) is 23.0. The predicted molar refractivity (Wildman–Crippen MR) is 151 cm³/mol. The SMILES string of the molecule is Cc1ccc(CC(=O)N(Cc2ccc(Cl)cc2Cl)[C@H](Cc2ccccc2)C(=O)NC2CCCC2)cc1C. The number of carbonyl (C=O) groups is 2. The summed E-state index contributed by atoms with van der Waals surface area (Å²) in [5, 5.41) is 4.24. The molecule has 0 radical (unpaired) electrons. The maximum atomic E-state index is 13.9. The van der Waals surface area contributed by atoms with E-state index in [4.69, 9.17) is 23.2 Å². The van der Waals surface area contributed by atoms with Crippen LogP contribution in [0.2, 0.25) is 10.0 Å². The maximum Gasteiger partial charge on any atom is 0.243 e. The second kappa shape index (κ2) is 12.6. The first-order valence-electron chi connectivity index (χ1n) is 12.9. The first-order valence-corrected chi connectivity index (χ1v) is 13.7. The Morgan fingerprint density at radius 3 is 2.32 bits per heavy atom. The maximum absolute atomic E-state index is 13.9. The number of rotatable bonds is 9. The molecule has 1 aliphatic rings. The third-order valence-corrected chi connectivity index (χ3v) is 7.84. The summed E-state index contributed by atoms with van der Waals surface area (Å²) < 4.78 is 0. The smallest absolute Gasteiger partial charge is 0.243 e. The minimum Gasteiger partial charge on any atom is -0.352 e. The molecule has 1 saturated carbocycles. The van der Waals surface area contributed by atoms with Crippen LogP contribution < -0.4 is 5.32 Å². The van der Waals surface area contributed by atoms with Crippen LogP contribution >= 0.6 is 23.2 Å². The molecule has 3 aromatic rings.